The Labute approximate surface area is 180 Å². The van der Waals surface area contributed by atoms with E-state index in [1.54, 1.807) is 18.2 Å². The second kappa shape index (κ2) is 9.03. The Balaban J connectivity index is 1.74. The molecule has 0 saturated carbocycles. The molecule has 0 spiro atoms. The number of hydrazine groups is 1. The molecule has 30 heavy (non-hydrogen) atoms. The van der Waals surface area contributed by atoms with Crippen LogP contribution >= 0.6 is 23.2 Å². The van der Waals surface area contributed by atoms with E-state index in [1.165, 1.54) is 31.4 Å². The Morgan fingerprint density at radius 3 is 2.60 bits per heavy atom. The summed E-state index contributed by atoms with van der Waals surface area (Å²) in [6.45, 7) is -0.563. The first-order valence-electron chi connectivity index (χ1n) is 8.54. The second-order valence-corrected chi connectivity index (χ2v) is 6.94. The Bertz CT molecular complexity index is 970. The summed E-state index contributed by atoms with van der Waals surface area (Å²) in [6.07, 6.45) is -3.74. The molecule has 1 heterocycles. The summed E-state index contributed by atoms with van der Waals surface area (Å²) < 4.78 is 50.0. The molecule has 0 bridgehead atoms. The van der Waals surface area contributed by atoms with Gasteiger partial charge in [0.15, 0.2) is 6.61 Å². The van der Waals surface area contributed by atoms with Crippen molar-refractivity contribution < 1.29 is 27.4 Å². The van der Waals surface area contributed by atoms with Crippen LogP contribution in [0.25, 0.3) is 0 Å². The molecule has 1 unspecified atom stereocenters. The third-order valence-electron chi connectivity index (χ3n) is 4.04. The van der Waals surface area contributed by atoms with E-state index in [0.29, 0.717) is 5.75 Å². The van der Waals surface area contributed by atoms with Crippen LogP contribution in [0.4, 0.5) is 24.5 Å². The molecule has 1 aliphatic heterocycles. The average molecular weight is 462 g/mol. The number of carbonyl (C=O) groups excluding carboxylic acids is 1. The van der Waals surface area contributed by atoms with Gasteiger partial charge in [0.1, 0.15) is 11.8 Å². The van der Waals surface area contributed by atoms with Gasteiger partial charge in [0.25, 0.3) is 5.91 Å². The monoisotopic (exact) mass is 461 g/mol. The smallest absolute Gasteiger partial charge is 0.409 e. The topological polar surface area (TPSA) is 62.8 Å². The zero-order valence-electron chi connectivity index (χ0n) is 15.5. The highest BCUT2D eigenvalue weighted by Gasteiger charge is 2.44. The highest BCUT2D eigenvalue weighted by atomic mass is 35.5. The van der Waals surface area contributed by atoms with Gasteiger partial charge >= 0.3 is 6.18 Å². The molecule has 0 fully saturated rings. The molecule has 1 atom stereocenters. The summed E-state index contributed by atoms with van der Waals surface area (Å²) in [6, 6.07) is 8.94. The molecular formula is C19H16Cl2F3N3O3. The Morgan fingerprint density at radius 1 is 1.20 bits per heavy atom. The number of methoxy groups -OCH3 is 1. The lowest BCUT2D eigenvalue weighted by Crippen LogP contribution is -2.45. The average Bonchev–Trinajstić information content (AvgIpc) is 3.13. The van der Waals surface area contributed by atoms with Crippen LogP contribution in [0, 0.1) is 0 Å². The molecule has 11 heteroatoms. The zero-order chi connectivity index (χ0) is 21.9. The lowest BCUT2D eigenvalue weighted by Gasteiger charge is -2.25. The maximum absolute atomic E-state index is 13.2. The van der Waals surface area contributed by atoms with E-state index < -0.39 is 24.7 Å². The number of hydrogen-bond donors (Lipinski definition) is 2. The summed E-state index contributed by atoms with van der Waals surface area (Å²) >= 11 is 12.1. The van der Waals surface area contributed by atoms with Gasteiger partial charge in [0, 0.05) is 12.1 Å². The van der Waals surface area contributed by atoms with Crippen molar-refractivity contribution in [1.29, 1.82) is 0 Å². The summed E-state index contributed by atoms with van der Waals surface area (Å²) in [4.78, 5) is 12.3. The van der Waals surface area contributed by atoms with Crippen LogP contribution in [0.15, 0.2) is 54.4 Å². The predicted octanol–water partition coefficient (Wildman–Crippen LogP) is 4.75. The Hall–Kier alpha value is -2.62. The van der Waals surface area contributed by atoms with Gasteiger partial charge < -0.3 is 14.8 Å². The number of ether oxygens (including phenoxy) is 2. The van der Waals surface area contributed by atoms with E-state index in [9.17, 15) is 18.0 Å². The molecule has 0 aromatic heterocycles. The van der Waals surface area contributed by atoms with E-state index in [0.717, 1.165) is 11.1 Å². The zero-order valence-corrected chi connectivity index (χ0v) is 17.0. The van der Waals surface area contributed by atoms with E-state index in [1.807, 2.05) is 0 Å². The highest BCUT2D eigenvalue weighted by molar-refractivity contribution is 6.34. The number of rotatable bonds is 6. The first kappa shape index (κ1) is 22.1. The quantitative estimate of drug-likeness (QED) is 0.649. The largest absolute Gasteiger partial charge is 0.497 e. The molecule has 1 aliphatic rings. The number of carbonyl (C=O) groups is 1. The van der Waals surface area contributed by atoms with Gasteiger partial charge in [0.05, 0.1) is 28.5 Å². The first-order valence-corrected chi connectivity index (χ1v) is 9.30. The van der Waals surface area contributed by atoms with Crippen LogP contribution < -0.4 is 20.5 Å². The summed E-state index contributed by atoms with van der Waals surface area (Å²) in [5, 5.41) is 4.04. The van der Waals surface area contributed by atoms with E-state index in [2.05, 4.69) is 10.7 Å². The van der Waals surface area contributed by atoms with Gasteiger partial charge in [-0.25, -0.2) is 10.4 Å². The molecule has 0 radical (unpaired) electrons. The van der Waals surface area contributed by atoms with Gasteiger partial charge in [-0.1, -0.05) is 35.3 Å². The van der Waals surface area contributed by atoms with E-state index >= 15 is 0 Å². The minimum atomic E-state index is -4.57. The van der Waals surface area contributed by atoms with Crippen molar-refractivity contribution in [2.75, 3.05) is 24.0 Å². The summed E-state index contributed by atoms with van der Waals surface area (Å²) in [5.41, 5.74) is 2.79. The van der Waals surface area contributed by atoms with Crippen molar-refractivity contribution in [2.24, 2.45) is 0 Å². The molecule has 2 N–H and O–H groups in total. The van der Waals surface area contributed by atoms with Gasteiger partial charge in [-0.15, -0.1) is 0 Å². The molecule has 3 rings (SSSR count). The number of alkyl halides is 3. The molecule has 1 amide bonds. The second-order valence-electron chi connectivity index (χ2n) is 6.12. The number of benzene rings is 2. The summed E-state index contributed by atoms with van der Waals surface area (Å²) in [5.74, 6) is -0.367. The van der Waals surface area contributed by atoms with Crippen LogP contribution in [-0.2, 0) is 9.53 Å². The maximum atomic E-state index is 13.2. The predicted molar refractivity (Wildman–Crippen MR) is 108 cm³/mol. The fraction of sp³-hybridized carbons (Fsp3) is 0.211. The minimum Gasteiger partial charge on any atom is -0.497 e. The normalized spacial score (nSPS) is 16.3. The molecule has 160 valence electrons. The fourth-order valence-electron chi connectivity index (χ4n) is 2.61. The van der Waals surface area contributed by atoms with Crippen LogP contribution in [-0.4, -0.2) is 31.8 Å². The van der Waals surface area contributed by atoms with Crippen LogP contribution in [0.5, 0.6) is 5.75 Å². The lowest BCUT2D eigenvalue weighted by molar-refractivity contribution is -0.142. The minimum absolute atomic E-state index is 0.204. The van der Waals surface area contributed by atoms with Crippen LogP contribution in [0.3, 0.4) is 0 Å². The number of halogens is 5. The third kappa shape index (κ3) is 5.10. The van der Waals surface area contributed by atoms with E-state index in [-0.39, 0.29) is 27.3 Å². The number of hydrogen-bond acceptors (Lipinski definition) is 5. The first-order chi connectivity index (χ1) is 14.2. The Kier molecular flexibility index (Phi) is 6.64. The molecule has 6 nitrogen and oxygen atoms in total. The standard InChI is InChI=1S/C19H16Cl2F3N3O3/c1-29-11-6-7-12(20)14(8-11)25-17(28)10-30-18-9-16(19(22,23)24)26-27(18)15-5-3-2-4-13(15)21/h2-9,16,26H,10H2,1H3,(H,25,28). The van der Waals surface area contributed by atoms with E-state index in [4.69, 9.17) is 32.7 Å². The summed E-state index contributed by atoms with van der Waals surface area (Å²) in [7, 11) is 1.46. The highest BCUT2D eigenvalue weighted by Crippen LogP contribution is 2.34. The molecule has 2 aromatic carbocycles. The Morgan fingerprint density at radius 2 is 1.93 bits per heavy atom. The van der Waals surface area contributed by atoms with Gasteiger partial charge in [-0.05, 0) is 24.3 Å². The fourth-order valence-corrected chi connectivity index (χ4v) is 3.00. The number of para-hydroxylation sites is 1. The molecule has 0 saturated heterocycles. The van der Waals surface area contributed by atoms with Crippen molar-refractivity contribution in [2.45, 2.75) is 12.2 Å². The SMILES string of the molecule is COc1ccc(Cl)c(NC(=O)COC2=CC(C(F)(F)F)NN2c2ccccc2Cl)c1. The van der Waals surface area contributed by atoms with Crippen LogP contribution in [0.2, 0.25) is 10.0 Å². The lowest BCUT2D eigenvalue weighted by atomic mass is 10.3. The van der Waals surface area contributed by atoms with Crippen LogP contribution in [0.1, 0.15) is 0 Å². The van der Waals surface area contributed by atoms with Crippen molar-refractivity contribution in [1.82, 2.24) is 5.43 Å². The molecule has 0 aliphatic carbocycles. The maximum Gasteiger partial charge on any atom is 0.409 e. The van der Waals surface area contributed by atoms with Gasteiger partial charge in [0.2, 0.25) is 5.88 Å². The molecular weight excluding hydrogens is 446 g/mol. The van der Waals surface area contributed by atoms with Crippen molar-refractivity contribution in [3.05, 3.63) is 64.5 Å². The van der Waals surface area contributed by atoms with Crippen molar-refractivity contribution in [3.63, 3.8) is 0 Å². The van der Waals surface area contributed by atoms with Crippen molar-refractivity contribution >= 4 is 40.5 Å². The third-order valence-corrected chi connectivity index (χ3v) is 4.69. The number of anilines is 2. The van der Waals surface area contributed by atoms with Gasteiger partial charge in [-0.3, -0.25) is 4.79 Å². The molecule has 2 aromatic rings. The number of nitrogens with zero attached hydrogens (tertiary/aromatic N) is 1. The number of amides is 1. The number of nitrogens with one attached hydrogen (secondary N) is 2. The van der Waals surface area contributed by atoms with Crippen molar-refractivity contribution in [3.8, 4) is 5.75 Å². The van der Waals surface area contributed by atoms with Gasteiger partial charge in [-0.2, -0.15) is 13.2 Å².